The maximum Gasteiger partial charge on any atom is 0.244 e. The van der Waals surface area contributed by atoms with E-state index in [0.717, 1.165) is 0 Å². The summed E-state index contributed by atoms with van der Waals surface area (Å²) in [4.78, 5) is 3.84. The maximum absolute atomic E-state index is 12.3. The summed E-state index contributed by atoms with van der Waals surface area (Å²) < 4.78 is 37.0. The van der Waals surface area contributed by atoms with Crippen molar-refractivity contribution in [2.24, 2.45) is 0 Å². The van der Waals surface area contributed by atoms with E-state index < -0.39 is 10.0 Å². The van der Waals surface area contributed by atoms with Crippen molar-refractivity contribution in [2.75, 3.05) is 14.2 Å². The summed E-state index contributed by atoms with van der Waals surface area (Å²) in [7, 11) is -0.896. The van der Waals surface area contributed by atoms with E-state index in [9.17, 15) is 8.42 Å². The number of benzene rings is 1. The molecule has 1 aromatic carbocycles. The van der Waals surface area contributed by atoms with Crippen molar-refractivity contribution in [3.05, 3.63) is 30.4 Å². The molecule has 0 spiro atoms. The first kappa shape index (κ1) is 14.3. The number of hydrogen-bond donors (Lipinski definition) is 2. The second kappa shape index (κ2) is 5.88. The number of rotatable bonds is 6. The molecular weight excluding hydrogens is 284 g/mol. The van der Waals surface area contributed by atoms with Gasteiger partial charge in [-0.05, 0) is 12.1 Å². The van der Waals surface area contributed by atoms with Crippen LogP contribution in [0.5, 0.6) is 11.5 Å². The highest BCUT2D eigenvalue weighted by molar-refractivity contribution is 7.89. The number of hydrogen-bond acceptors (Lipinski definition) is 6. The molecule has 0 unspecified atom stereocenters. The van der Waals surface area contributed by atoms with Gasteiger partial charge in [-0.3, -0.25) is 5.10 Å². The normalized spacial score (nSPS) is 11.3. The number of aromatic amines is 1. The van der Waals surface area contributed by atoms with Crippen LogP contribution < -0.4 is 14.2 Å². The monoisotopic (exact) mass is 298 g/mol. The average Bonchev–Trinajstić information content (AvgIpc) is 2.98. The first-order chi connectivity index (χ1) is 9.56. The van der Waals surface area contributed by atoms with Gasteiger partial charge in [0.25, 0.3) is 0 Å². The third kappa shape index (κ3) is 3.06. The molecule has 108 valence electrons. The molecule has 0 fully saturated rings. The first-order valence-electron chi connectivity index (χ1n) is 5.63. The molecule has 0 aliphatic carbocycles. The van der Waals surface area contributed by atoms with Gasteiger partial charge in [-0.15, -0.1) is 0 Å². The van der Waals surface area contributed by atoms with Crippen molar-refractivity contribution < 1.29 is 17.9 Å². The summed E-state index contributed by atoms with van der Waals surface area (Å²) in [6.45, 7) is 0.00268. The van der Waals surface area contributed by atoms with Crippen molar-refractivity contribution in [1.82, 2.24) is 19.9 Å². The molecule has 0 saturated carbocycles. The Kier molecular flexibility index (Phi) is 4.20. The summed E-state index contributed by atoms with van der Waals surface area (Å²) in [5.74, 6) is 1.07. The number of nitrogens with one attached hydrogen (secondary N) is 2. The van der Waals surface area contributed by atoms with E-state index in [0.29, 0.717) is 11.6 Å². The van der Waals surface area contributed by atoms with Gasteiger partial charge in [0.15, 0.2) is 0 Å². The van der Waals surface area contributed by atoms with Gasteiger partial charge in [-0.1, -0.05) is 0 Å². The Bertz CT molecular complexity index is 670. The Morgan fingerprint density at radius 3 is 2.70 bits per heavy atom. The van der Waals surface area contributed by atoms with Gasteiger partial charge in [0.2, 0.25) is 10.0 Å². The number of methoxy groups -OCH3 is 2. The molecule has 0 amide bonds. The van der Waals surface area contributed by atoms with Gasteiger partial charge in [0.05, 0.1) is 20.8 Å². The lowest BCUT2D eigenvalue weighted by atomic mass is 10.3. The molecule has 1 aromatic heterocycles. The van der Waals surface area contributed by atoms with E-state index in [4.69, 9.17) is 9.47 Å². The summed E-state index contributed by atoms with van der Waals surface area (Å²) in [5, 5.41) is 6.21. The van der Waals surface area contributed by atoms with E-state index >= 15 is 0 Å². The first-order valence-corrected chi connectivity index (χ1v) is 7.11. The van der Waals surface area contributed by atoms with Crippen LogP contribution in [-0.4, -0.2) is 37.8 Å². The van der Waals surface area contributed by atoms with E-state index in [1.54, 1.807) is 6.07 Å². The minimum Gasteiger partial charge on any atom is -0.497 e. The van der Waals surface area contributed by atoms with Crippen LogP contribution in [0.4, 0.5) is 0 Å². The van der Waals surface area contributed by atoms with Crippen molar-refractivity contribution >= 4 is 10.0 Å². The molecule has 0 aliphatic heterocycles. The van der Waals surface area contributed by atoms with Crippen LogP contribution in [0.25, 0.3) is 0 Å². The zero-order chi connectivity index (χ0) is 14.6. The molecule has 2 N–H and O–H groups in total. The van der Waals surface area contributed by atoms with Crippen LogP contribution in [0.1, 0.15) is 5.82 Å². The van der Waals surface area contributed by atoms with Gasteiger partial charge in [0.1, 0.15) is 28.5 Å². The van der Waals surface area contributed by atoms with Crippen LogP contribution in [0, 0.1) is 0 Å². The minimum absolute atomic E-state index is 0.00105. The maximum atomic E-state index is 12.3. The Labute approximate surface area is 116 Å². The summed E-state index contributed by atoms with van der Waals surface area (Å²) in [5.41, 5.74) is 0. The standard InChI is InChI=1S/C11H14N4O4S/c1-18-8-3-4-9(19-2)10(5-8)20(16,17)14-6-11-12-7-13-15-11/h3-5,7,14H,6H2,1-2H3,(H,12,13,15). The van der Waals surface area contributed by atoms with Crippen molar-refractivity contribution in [1.29, 1.82) is 0 Å². The number of nitrogens with zero attached hydrogens (tertiary/aromatic N) is 2. The molecule has 20 heavy (non-hydrogen) atoms. The lowest BCUT2D eigenvalue weighted by Crippen LogP contribution is -2.24. The second-order valence-electron chi connectivity index (χ2n) is 3.77. The van der Waals surface area contributed by atoms with Gasteiger partial charge >= 0.3 is 0 Å². The number of H-pyrrole nitrogens is 1. The molecule has 0 radical (unpaired) electrons. The lowest BCUT2D eigenvalue weighted by Gasteiger charge is -2.11. The topological polar surface area (TPSA) is 106 Å². The number of aromatic nitrogens is 3. The highest BCUT2D eigenvalue weighted by Gasteiger charge is 2.20. The highest BCUT2D eigenvalue weighted by atomic mass is 32.2. The minimum atomic E-state index is -3.75. The predicted molar refractivity (Wildman–Crippen MR) is 70.0 cm³/mol. The van der Waals surface area contributed by atoms with E-state index in [1.807, 2.05) is 0 Å². The van der Waals surface area contributed by atoms with Crippen LogP contribution >= 0.6 is 0 Å². The largest absolute Gasteiger partial charge is 0.497 e. The third-order valence-electron chi connectivity index (χ3n) is 2.55. The van der Waals surface area contributed by atoms with Crippen molar-refractivity contribution in [2.45, 2.75) is 11.4 Å². The fraction of sp³-hybridized carbons (Fsp3) is 0.273. The summed E-state index contributed by atoms with van der Waals surface area (Å²) >= 11 is 0. The molecule has 0 atom stereocenters. The zero-order valence-electron chi connectivity index (χ0n) is 11.0. The quantitative estimate of drug-likeness (QED) is 0.794. The highest BCUT2D eigenvalue weighted by Crippen LogP contribution is 2.27. The lowest BCUT2D eigenvalue weighted by molar-refractivity contribution is 0.392. The fourth-order valence-electron chi connectivity index (χ4n) is 1.55. The second-order valence-corrected chi connectivity index (χ2v) is 5.51. The molecule has 1 heterocycles. The number of sulfonamides is 1. The van der Waals surface area contributed by atoms with Crippen LogP contribution in [0.3, 0.4) is 0 Å². The Hall–Kier alpha value is -2.13. The summed E-state index contributed by atoms with van der Waals surface area (Å²) in [6, 6.07) is 4.54. The van der Waals surface area contributed by atoms with E-state index in [1.165, 1.54) is 32.7 Å². The smallest absolute Gasteiger partial charge is 0.244 e. The molecule has 8 nitrogen and oxygen atoms in total. The van der Waals surface area contributed by atoms with Crippen LogP contribution in [-0.2, 0) is 16.6 Å². The third-order valence-corrected chi connectivity index (χ3v) is 3.98. The van der Waals surface area contributed by atoms with Crippen LogP contribution in [0.15, 0.2) is 29.4 Å². The zero-order valence-corrected chi connectivity index (χ0v) is 11.8. The van der Waals surface area contributed by atoms with Gasteiger partial charge in [-0.2, -0.15) is 5.10 Å². The Balaban J connectivity index is 2.28. The number of ether oxygens (including phenoxy) is 2. The summed E-state index contributed by atoms with van der Waals surface area (Å²) in [6.07, 6.45) is 1.30. The molecular formula is C11H14N4O4S. The van der Waals surface area contributed by atoms with Gasteiger partial charge in [0, 0.05) is 6.07 Å². The molecule has 0 saturated heterocycles. The van der Waals surface area contributed by atoms with E-state index in [-0.39, 0.29) is 17.2 Å². The predicted octanol–water partition coefficient (Wildman–Crippen LogP) is 0.300. The molecule has 0 bridgehead atoms. The fourth-order valence-corrected chi connectivity index (χ4v) is 2.72. The molecule has 2 rings (SSSR count). The van der Waals surface area contributed by atoms with Crippen molar-refractivity contribution in [3.63, 3.8) is 0 Å². The van der Waals surface area contributed by atoms with Crippen LogP contribution in [0.2, 0.25) is 0 Å². The van der Waals surface area contributed by atoms with Gasteiger partial charge in [-0.25, -0.2) is 18.1 Å². The Morgan fingerprint density at radius 2 is 2.10 bits per heavy atom. The van der Waals surface area contributed by atoms with Gasteiger partial charge < -0.3 is 9.47 Å². The van der Waals surface area contributed by atoms with E-state index in [2.05, 4.69) is 19.9 Å². The Morgan fingerprint density at radius 1 is 1.30 bits per heavy atom. The molecule has 9 heteroatoms. The van der Waals surface area contributed by atoms with Crippen molar-refractivity contribution in [3.8, 4) is 11.5 Å². The average molecular weight is 298 g/mol. The molecule has 0 aliphatic rings. The molecule has 2 aromatic rings. The SMILES string of the molecule is COc1ccc(OC)c(S(=O)(=O)NCc2ncn[nH]2)c1.